The monoisotopic (exact) mass is 271 g/mol. The van der Waals surface area contributed by atoms with E-state index in [4.69, 9.17) is 0 Å². The molecule has 0 bridgehead atoms. The SMILES string of the molecule is CCC(N[C@@H](C)c1cccc(C)c1)c1ccc(F)cc1. The highest BCUT2D eigenvalue weighted by Crippen LogP contribution is 2.22. The van der Waals surface area contributed by atoms with Crippen molar-refractivity contribution in [1.29, 1.82) is 0 Å². The first-order valence-electron chi connectivity index (χ1n) is 7.18. The number of rotatable bonds is 5. The molecule has 2 aromatic rings. The van der Waals surface area contributed by atoms with Gasteiger partial charge >= 0.3 is 0 Å². The predicted octanol–water partition coefficient (Wildman–Crippen LogP) is 4.94. The molecule has 0 saturated carbocycles. The lowest BCUT2D eigenvalue weighted by Gasteiger charge is -2.23. The minimum absolute atomic E-state index is 0.185. The van der Waals surface area contributed by atoms with Crippen molar-refractivity contribution in [2.24, 2.45) is 0 Å². The van der Waals surface area contributed by atoms with Crippen LogP contribution in [0.25, 0.3) is 0 Å². The molecule has 106 valence electrons. The minimum atomic E-state index is -0.185. The van der Waals surface area contributed by atoms with Gasteiger partial charge in [-0.15, -0.1) is 0 Å². The molecule has 0 saturated heterocycles. The maximum Gasteiger partial charge on any atom is 0.123 e. The van der Waals surface area contributed by atoms with Crippen LogP contribution in [0.4, 0.5) is 4.39 Å². The summed E-state index contributed by atoms with van der Waals surface area (Å²) in [5.74, 6) is -0.185. The summed E-state index contributed by atoms with van der Waals surface area (Å²) in [7, 11) is 0. The van der Waals surface area contributed by atoms with Crippen LogP contribution in [0.1, 0.15) is 49.0 Å². The van der Waals surface area contributed by atoms with E-state index in [1.165, 1.54) is 23.3 Å². The molecule has 2 heteroatoms. The molecule has 0 aromatic heterocycles. The molecule has 0 spiro atoms. The maximum absolute atomic E-state index is 13.0. The van der Waals surface area contributed by atoms with Crippen LogP contribution in [0.2, 0.25) is 0 Å². The zero-order chi connectivity index (χ0) is 14.5. The van der Waals surface area contributed by atoms with Crippen LogP contribution in [0.3, 0.4) is 0 Å². The second-order valence-corrected chi connectivity index (χ2v) is 5.31. The molecule has 0 radical (unpaired) electrons. The van der Waals surface area contributed by atoms with Crippen molar-refractivity contribution in [3.05, 3.63) is 71.0 Å². The Hall–Kier alpha value is -1.67. The molecule has 1 unspecified atom stereocenters. The molecule has 1 nitrogen and oxygen atoms in total. The van der Waals surface area contributed by atoms with Crippen LogP contribution in [-0.4, -0.2) is 0 Å². The van der Waals surface area contributed by atoms with Crippen LogP contribution in [0, 0.1) is 12.7 Å². The minimum Gasteiger partial charge on any atom is -0.303 e. The summed E-state index contributed by atoms with van der Waals surface area (Å²) in [4.78, 5) is 0. The number of aryl methyl sites for hydroxylation is 1. The standard InChI is InChI=1S/C18H22FN/c1-4-18(15-8-10-17(19)11-9-15)20-14(3)16-7-5-6-13(2)12-16/h5-12,14,18,20H,4H2,1-3H3/t14-,18?/m0/s1. The summed E-state index contributed by atoms with van der Waals surface area (Å²) in [6.07, 6.45) is 0.974. The van der Waals surface area contributed by atoms with Crippen molar-refractivity contribution in [2.75, 3.05) is 0 Å². The van der Waals surface area contributed by atoms with Gasteiger partial charge in [0.1, 0.15) is 5.82 Å². The Morgan fingerprint density at radius 3 is 2.35 bits per heavy atom. The van der Waals surface area contributed by atoms with Crippen molar-refractivity contribution in [3.63, 3.8) is 0 Å². The fourth-order valence-electron chi connectivity index (χ4n) is 2.48. The van der Waals surface area contributed by atoms with E-state index < -0.39 is 0 Å². The molecule has 0 aliphatic rings. The second kappa shape index (κ2) is 6.67. The lowest BCUT2D eigenvalue weighted by atomic mass is 10.0. The Morgan fingerprint density at radius 2 is 1.75 bits per heavy atom. The third-order valence-corrected chi connectivity index (χ3v) is 3.67. The van der Waals surface area contributed by atoms with Crippen molar-refractivity contribution in [2.45, 2.75) is 39.3 Å². The number of hydrogen-bond acceptors (Lipinski definition) is 1. The normalized spacial score (nSPS) is 14.0. The first kappa shape index (κ1) is 14.7. The van der Waals surface area contributed by atoms with E-state index in [2.05, 4.69) is 50.4 Å². The molecule has 2 rings (SSSR count). The van der Waals surface area contributed by atoms with Gasteiger partial charge in [-0.1, -0.05) is 48.9 Å². The van der Waals surface area contributed by atoms with E-state index in [-0.39, 0.29) is 17.9 Å². The largest absolute Gasteiger partial charge is 0.303 e. The molecular formula is C18H22FN. The van der Waals surface area contributed by atoms with Gasteiger partial charge in [-0.3, -0.25) is 0 Å². The first-order chi connectivity index (χ1) is 9.60. The summed E-state index contributed by atoms with van der Waals surface area (Å²) >= 11 is 0. The van der Waals surface area contributed by atoms with Gasteiger partial charge in [0.15, 0.2) is 0 Å². The predicted molar refractivity (Wildman–Crippen MR) is 82.2 cm³/mol. The molecule has 0 fully saturated rings. The zero-order valence-corrected chi connectivity index (χ0v) is 12.4. The van der Waals surface area contributed by atoms with Gasteiger partial charge in [-0.05, 0) is 43.5 Å². The van der Waals surface area contributed by atoms with Gasteiger partial charge in [0.25, 0.3) is 0 Å². The van der Waals surface area contributed by atoms with Gasteiger partial charge in [-0.2, -0.15) is 0 Å². The Balaban J connectivity index is 2.11. The van der Waals surface area contributed by atoms with Gasteiger partial charge in [-0.25, -0.2) is 4.39 Å². The highest BCUT2D eigenvalue weighted by atomic mass is 19.1. The van der Waals surface area contributed by atoms with Gasteiger partial charge in [0.05, 0.1) is 0 Å². The van der Waals surface area contributed by atoms with Crippen molar-refractivity contribution >= 4 is 0 Å². The van der Waals surface area contributed by atoms with Crippen LogP contribution in [0.15, 0.2) is 48.5 Å². The lowest BCUT2D eigenvalue weighted by molar-refractivity contribution is 0.455. The fraction of sp³-hybridized carbons (Fsp3) is 0.333. The summed E-state index contributed by atoms with van der Waals surface area (Å²) < 4.78 is 13.0. The molecule has 2 aromatic carbocycles. The Labute approximate surface area is 120 Å². The molecule has 0 heterocycles. The Morgan fingerprint density at radius 1 is 1.05 bits per heavy atom. The highest BCUT2D eigenvalue weighted by Gasteiger charge is 2.13. The maximum atomic E-state index is 13.0. The number of nitrogens with one attached hydrogen (secondary N) is 1. The number of benzene rings is 2. The highest BCUT2D eigenvalue weighted by molar-refractivity contribution is 5.26. The van der Waals surface area contributed by atoms with Crippen molar-refractivity contribution < 1.29 is 4.39 Å². The molecule has 1 N–H and O–H groups in total. The molecule has 0 aliphatic carbocycles. The molecule has 0 aliphatic heterocycles. The van der Waals surface area contributed by atoms with Crippen LogP contribution in [-0.2, 0) is 0 Å². The van der Waals surface area contributed by atoms with Crippen molar-refractivity contribution in [3.8, 4) is 0 Å². The first-order valence-corrected chi connectivity index (χ1v) is 7.18. The smallest absolute Gasteiger partial charge is 0.123 e. The van der Waals surface area contributed by atoms with E-state index in [0.717, 1.165) is 12.0 Å². The Bertz CT molecular complexity index is 548. The fourth-order valence-corrected chi connectivity index (χ4v) is 2.48. The molecular weight excluding hydrogens is 249 g/mol. The van der Waals surface area contributed by atoms with E-state index >= 15 is 0 Å². The number of hydrogen-bond donors (Lipinski definition) is 1. The summed E-state index contributed by atoms with van der Waals surface area (Å²) in [6.45, 7) is 6.42. The van der Waals surface area contributed by atoms with E-state index in [0.29, 0.717) is 0 Å². The summed E-state index contributed by atoms with van der Waals surface area (Å²) in [5, 5.41) is 3.62. The van der Waals surface area contributed by atoms with Crippen LogP contribution >= 0.6 is 0 Å². The van der Waals surface area contributed by atoms with Gasteiger partial charge in [0, 0.05) is 12.1 Å². The summed E-state index contributed by atoms with van der Waals surface area (Å²) in [6, 6.07) is 15.8. The van der Waals surface area contributed by atoms with E-state index in [1.54, 1.807) is 0 Å². The third kappa shape index (κ3) is 3.67. The lowest BCUT2D eigenvalue weighted by Crippen LogP contribution is -2.24. The van der Waals surface area contributed by atoms with Crippen molar-refractivity contribution in [1.82, 2.24) is 5.32 Å². The quantitative estimate of drug-likeness (QED) is 0.812. The Kier molecular flexibility index (Phi) is 4.91. The average molecular weight is 271 g/mol. The molecule has 20 heavy (non-hydrogen) atoms. The molecule has 0 amide bonds. The van der Waals surface area contributed by atoms with E-state index in [1.807, 2.05) is 12.1 Å². The van der Waals surface area contributed by atoms with Gasteiger partial charge < -0.3 is 5.32 Å². The van der Waals surface area contributed by atoms with Gasteiger partial charge in [0.2, 0.25) is 0 Å². The van der Waals surface area contributed by atoms with Crippen LogP contribution < -0.4 is 5.32 Å². The van der Waals surface area contributed by atoms with E-state index in [9.17, 15) is 4.39 Å². The summed E-state index contributed by atoms with van der Waals surface area (Å²) in [5.41, 5.74) is 3.69. The zero-order valence-electron chi connectivity index (χ0n) is 12.4. The van der Waals surface area contributed by atoms with Crippen LogP contribution in [0.5, 0.6) is 0 Å². The average Bonchev–Trinajstić information content (AvgIpc) is 2.45. The third-order valence-electron chi connectivity index (χ3n) is 3.67. The topological polar surface area (TPSA) is 12.0 Å². The second-order valence-electron chi connectivity index (χ2n) is 5.31. The number of halogens is 1. The molecule has 2 atom stereocenters.